The molecule has 0 aliphatic carbocycles. The fourth-order valence-corrected chi connectivity index (χ4v) is 3.89. The van der Waals surface area contributed by atoms with Crippen LogP contribution in [-0.2, 0) is 30.1 Å². The molecule has 2 heterocycles. The van der Waals surface area contributed by atoms with Gasteiger partial charge in [0.05, 0.1) is 6.61 Å². The third-order valence-electron chi connectivity index (χ3n) is 2.67. The molecule has 19 heavy (non-hydrogen) atoms. The minimum absolute atomic E-state index is 0.152. The zero-order valence-electron chi connectivity index (χ0n) is 10.4. The second-order valence-electron chi connectivity index (χ2n) is 4.03. The van der Waals surface area contributed by atoms with Gasteiger partial charge in [-0.25, -0.2) is 13.1 Å². The van der Waals surface area contributed by atoms with Crippen LogP contribution in [0.2, 0.25) is 0 Å². The van der Waals surface area contributed by atoms with Gasteiger partial charge in [-0.05, 0) is 23.1 Å². The third kappa shape index (κ3) is 3.41. The summed E-state index contributed by atoms with van der Waals surface area (Å²) >= 11 is 1.10. The summed E-state index contributed by atoms with van der Waals surface area (Å²) in [6.07, 6.45) is 2.25. The van der Waals surface area contributed by atoms with Gasteiger partial charge in [0, 0.05) is 31.9 Å². The molecule has 0 unspecified atom stereocenters. The van der Waals surface area contributed by atoms with Crippen molar-refractivity contribution in [2.24, 2.45) is 7.05 Å². The maximum atomic E-state index is 12.0. The number of hydrogen-bond donors (Lipinski definition) is 2. The summed E-state index contributed by atoms with van der Waals surface area (Å²) in [7, 11) is -1.67. The largest absolute Gasteiger partial charge is 0.392 e. The highest BCUT2D eigenvalue weighted by Crippen LogP contribution is 2.19. The summed E-state index contributed by atoms with van der Waals surface area (Å²) < 4.78 is 28.4. The highest BCUT2D eigenvalue weighted by Gasteiger charge is 2.16. The number of nitrogens with zero attached hydrogens (tertiary/aromatic N) is 2. The number of aliphatic hydroxyl groups excluding tert-OH is 1. The van der Waals surface area contributed by atoms with E-state index in [1.165, 1.54) is 6.07 Å². The van der Waals surface area contributed by atoms with Crippen molar-refractivity contribution < 1.29 is 13.5 Å². The molecular formula is C11H15N3O3S2. The Labute approximate surface area is 115 Å². The van der Waals surface area contributed by atoms with Crippen LogP contribution in [0.4, 0.5) is 0 Å². The monoisotopic (exact) mass is 301 g/mol. The van der Waals surface area contributed by atoms with Crippen LogP contribution in [0.1, 0.15) is 11.3 Å². The van der Waals surface area contributed by atoms with Crippen LogP contribution in [0.15, 0.2) is 27.9 Å². The lowest BCUT2D eigenvalue weighted by molar-refractivity contribution is 0.282. The van der Waals surface area contributed by atoms with E-state index in [4.69, 9.17) is 5.11 Å². The number of hydrogen-bond acceptors (Lipinski definition) is 5. The molecule has 8 heteroatoms. The van der Waals surface area contributed by atoms with Gasteiger partial charge in [-0.2, -0.15) is 5.10 Å². The molecule has 104 valence electrons. The first-order valence-electron chi connectivity index (χ1n) is 5.68. The van der Waals surface area contributed by atoms with Gasteiger partial charge in [0.25, 0.3) is 0 Å². The average molecular weight is 301 g/mol. The first kappa shape index (κ1) is 14.2. The van der Waals surface area contributed by atoms with Gasteiger partial charge in [0.1, 0.15) is 4.21 Å². The fourth-order valence-electron chi connectivity index (χ4n) is 1.61. The fraction of sp³-hybridized carbons (Fsp3) is 0.364. The lowest BCUT2D eigenvalue weighted by Gasteiger charge is -2.05. The first-order valence-corrected chi connectivity index (χ1v) is 8.04. The van der Waals surface area contributed by atoms with Crippen LogP contribution in [0.3, 0.4) is 0 Å². The van der Waals surface area contributed by atoms with Crippen molar-refractivity contribution in [2.45, 2.75) is 17.2 Å². The van der Waals surface area contributed by atoms with Gasteiger partial charge in [-0.15, -0.1) is 11.3 Å². The number of aryl methyl sites for hydroxylation is 1. The number of aliphatic hydroxyl groups is 1. The predicted molar refractivity (Wildman–Crippen MR) is 72.3 cm³/mol. The molecular weight excluding hydrogens is 286 g/mol. The molecule has 0 aliphatic rings. The Kier molecular flexibility index (Phi) is 4.35. The zero-order chi connectivity index (χ0) is 13.9. The Balaban J connectivity index is 1.96. The van der Waals surface area contributed by atoms with Crippen LogP contribution in [-0.4, -0.2) is 29.8 Å². The van der Waals surface area contributed by atoms with Crippen molar-refractivity contribution in [2.75, 3.05) is 6.54 Å². The lowest BCUT2D eigenvalue weighted by Crippen LogP contribution is -2.25. The SMILES string of the molecule is Cn1nccc1CCNS(=O)(=O)c1cc(CO)cs1. The van der Waals surface area contributed by atoms with Crippen molar-refractivity contribution in [3.63, 3.8) is 0 Å². The van der Waals surface area contributed by atoms with Crippen molar-refractivity contribution in [3.05, 3.63) is 35.0 Å². The van der Waals surface area contributed by atoms with E-state index >= 15 is 0 Å². The normalized spacial score (nSPS) is 11.9. The summed E-state index contributed by atoms with van der Waals surface area (Å²) in [5, 5.41) is 14.6. The molecule has 0 spiro atoms. The van der Waals surface area contributed by atoms with Crippen molar-refractivity contribution in [3.8, 4) is 0 Å². The van der Waals surface area contributed by atoms with Crippen LogP contribution in [0, 0.1) is 0 Å². The van der Waals surface area contributed by atoms with E-state index in [0.29, 0.717) is 18.5 Å². The van der Waals surface area contributed by atoms with Gasteiger partial charge >= 0.3 is 0 Å². The number of nitrogens with one attached hydrogen (secondary N) is 1. The van der Waals surface area contributed by atoms with E-state index in [0.717, 1.165) is 17.0 Å². The topological polar surface area (TPSA) is 84.2 Å². The smallest absolute Gasteiger partial charge is 0.250 e. The van der Waals surface area contributed by atoms with Gasteiger partial charge < -0.3 is 5.11 Å². The van der Waals surface area contributed by atoms with Crippen LogP contribution in [0.5, 0.6) is 0 Å². The molecule has 0 bridgehead atoms. The zero-order valence-corrected chi connectivity index (χ0v) is 12.0. The molecule has 0 amide bonds. The number of sulfonamides is 1. The standard InChI is InChI=1S/C11H15N3O3S2/c1-14-10(2-4-12-14)3-5-13-19(16,17)11-6-9(7-15)8-18-11/h2,4,6,8,13,15H,3,5,7H2,1H3. The molecule has 2 rings (SSSR count). The second-order valence-corrected chi connectivity index (χ2v) is 6.93. The Morgan fingerprint density at radius 3 is 2.89 bits per heavy atom. The van der Waals surface area contributed by atoms with Crippen molar-refractivity contribution in [1.82, 2.24) is 14.5 Å². The molecule has 0 radical (unpaired) electrons. The van der Waals surface area contributed by atoms with E-state index < -0.39 is 10.0 Å². The van der Waals surface area contributed by atoms with Gasteiger partial charge in [0.15, 0.2) is 0 Å². The molecule has 2 aromatic heterocycles. The molecule has 0 aromatic carbocycles. The third-order valence-corrected chi connectivity index (χ3v) is 5.62. The van der Waals surface area contributed by atoms with Gasteiger partial charge in [-0.1, -0.05) is 0 Å². The Morgan fingerprint density at radius 1 is 1.53 bits per heavy atom. The van der Waals surface area contributed by atoms with Crippen LogP contribution in [0.25, 0.3) is 0 Å². The van der Waals surface area contributed by atoms with E-state index in [2.05, 4.69) is 9.82 Å². The maximum absolute atomic E-state index is 12.0. The van der Waals surface area contributed by atoms with Gasteiger partial charge in [-0.3, -0.25) is 4.68 Å². The molecule has 0 fully saturated rings. The molecule has 0 saturated carbocycles. The van der Waals surface area contributed by atoms with Crippen molar-refractivity contribution >= 4 is 21.4 Å². The van der Waals surface area contributed by atoms with E-state index in [-0.39, 0.29) is 10.8 Å². The Morgan fingerprint density at radius 2 is 2.32 bits per heavy atom. The average Bonchev–Trinajstić information content (AvgIpc) is 2.99. The Hall–Kier alpha value is -1.22. The van der Waals surface area contributed by atoms with Gasteiger partial charge in [0.2, 0.25) is 10.0 Å². The van der Waals surface area contributed by atoms with Crippen LogP contribution < -0.4 is 4.72 Å². The van der Waals surface area contributed by atoms with E-state index in [1.54, 1.807) is 16.3 Å². The maximum Gasteiger partial charge on any atom is 0.250 e. The highest BCUT2D eigenvalue weighted by molar-refractivity contribution is 7.91. The molecule has 6 nitrogen and oxygen atoms in total. The number of thiophene rings is 1. The molecule has 0 saturated heterocycles. The quantitative estimate of drug-likeness (QED) is 0.813. The molecule has 0 aliphatic heterocycles. The van der Waals surface area contributed by atoms with Crippen LogP contribution >= 0.6 is 11.3 Å². The molecule has 2 aromatic rings. The van der Waals surface area contributed by atoms with E-state index in [9.17, 15) is 8.42 Å². The minimum atomic E-state index is -3.49. The Bertz CT molecular complexity index is 646. The number of rotatable bonds is 6. The summed E-state index contributed by atoms with van der Waals surface area (Å²) in [6.45, 7) is 0.162. The summed E-state index contributed by atoms with van der Waals surface area (Å²) in [6, 6.07) is 3.33. The minimum Gasteiger partial charge on any atom is -0.392 e. The summed E-state index contributed by atoms with van der Waals surface area (Å²) in [4.78, 5) is 0. The van der Waals surface area contributed by atoms with Crippen molar-refractivity contribution in [1.29, 1.82) is 0 Å². The first-order chi connectivity index (χ1) is 9.03. The summed E-state index contributed by atoms with van der Waals surface area (Å²) in [5.74, 6) is 0. The second kappa shape index (κ2) is 5.83. The molecule has 2 N–H and O–H groups in total. The lowest BCUT2D eigenvalue weighted by atomic mass is 10.3. The van der Waals surface area contributed by atoms with E-state index in [1.807, 2.05) is 13.1 Å². The number of aromatic nitrogens is 2. The molecule has 0 atom stereocenters. The predicted octanol–water partition coefficient (Wildman–Crippen LogP) is 0.495. The summed E-state index contributed by atoms with van der Waals surface area (Å²) in [5.41, 5.74) is 1.57. The highest BCUT2D eigenvalue weighted by atomic mass is 32.2.